The zero-order chi connectivity index (χ0) is 14.4. The van der Waals surface area contributed by atoms with Crippen LogP contribution in [0.4, 0.5) is 0 Å². The van der Waals surface area contributed by atoms with Crippen LogP contribution in [0.3, 0.4) is 0 Å². The predicted octanol–water partition coefficient (Wildman–Crippen LogP) is 4.55. The second-order valence-corrected chi connectivity index (χ2v) is 5.53. The van der Waals surface area contributed by atoms with E-state index in [4.69, 9.17) is 4.74 Å². The predicted molar refractivity (Wildman–Crippen MR) is 87.3 cm³/mol. The van der Waals surface area contributed by atoms with E-state index in [0.29, 0.717) is 0 Å². The van der Waals surface area contributed by atoms with Gasteiger partial charge < -0.3 is 10.1 Å². The van der Waals surface area contributed by atoms with Crippen LogP contribution in [0.25, 0.3) is 0 Å². The van der Waals surface area contributed by atoms with Gasteiger partial charge in [0.15, 0.2) is 0 Å². The Balaban J connectivity index is 2.25. The third-order valence-corrected chi connectivity index (χ3v) is 3.79. The fourth-order valence-electron chi connectivity index (χ4n) is 2.20. The molecule has 0 amide bonds. The van der Waals surface area contributed by atoms with Crippen molar-refractivity contribution in [1.82, 2.24) is 5.32 Å². The molecular weight excluding hydrogens is 314 g/mol. The molecule has 2 nitrogen and oxygen atoms in total. The molecule has 0 radical (unpaired) electrons. The lowest BCUT2D eigenvalue weighted by Gasteiger charge is -2.18. The molecule has 20 heavy (non-hydrogen) atoms. The molecule has 1 unspecified atom stereocenters. The average Bonchev–Trinajstić information content (AvgIpc) is 2.48. The summed E-state index contributed by atoms with van der Waals surface area (Å²) in [5.74, 6) is 0.901. The largest absolute Gasteiger partial charge is 0.492 e. The number of rotatable bonds is 6. The molecule has 0 aromatic heterocycles. The van der Waals surface area contributed by atoms with Gasteiger partial charge in [-0.25, -0.2) is 0 Å². The van der Waals surface area contributed by atoms with Gasteiger partial charge in [-0.2, -0.15) is 0 Å². The van der Waals surface area contributed by atoms with E-state index in [2.05, 4.69) is 64.6 Å². The molecule has 0 aliphatic heterocycles. The van der Waals surface area contributed by atoms with Gasteiger partial charge in [0.25, 0.3) is 0 Å². The molecule has 0 fully saturated rings. The third-order valence-electron chi connectivity index (χ3n) is 3.17. The molecule has 2 aromatic carbocycles. The number of ether oxygens (including phenoxy) is 1. The Kier molecular flexibility index (Phi) is 5.62. The number of halogens is 1. The fraction of sp³-hybridized carbons (Fsp3) is 0.294. The van der Waals surface area contributed by atoms with Crippen LogP contribution in [0.15, 0.2) is 53.0 Å². The minimum atomic E-state index is 0.188. The van der Waals surface area contributed by atoms with E-state index in [1.807, 2.05) is 19.2 Å². The molecule has 2 aromatic rings. The normalized spacial score (nSPS) is 12.2. The van der Waals surface area contributed by atoms with Crippen LogP contribution in [-0.4, -0.2) is 13.7 Å². The summed E-state index contributed by atoms with van der Waals surface area (Å²) in [6.07, 6.45) is 1.01. The first-order valence-electron chi connectivity index (χ1n) is 6.90. The summed E-state index contributed by atoms with van der Waals surface area (Å²) < 4.78 is 6.69. The molecule has 0 saturated carbocycles. The lowest BCUT2D eigenvalue weighted by atomic mass is 9.99. The summed E-state index contributed by atoms with van der Waals surface area (Å²) in [6.45, 7) is 2.85. The molecule has 0 spiro atoms. The van der Waals surface area contributed by atoms with Crippen molar-refractivity contribution in [2.45, 2.75) is 19.4 Å². The van der Waals surface area contributed by atoms with Crippen molar-refractivity contribution >= 4 is 15.9 Å². The number of hydrogen-bond donors (Lipinski definition) is 1. The Morgan fingerprint density at radius 1 is 1.10 bits per heavy atom. The SMILES string of the molecule is CCCOc1ccc(C(NC)c2ccccc2)cc1Br. The highest BCUT2D eigenvalue weighted by molar-refractivity contribution is 9.10. The van der Waals surface area contributed by atoms with Crippen LogP contribution in [0, 0.1) is 0 Å². The van der Waals surface area contributed by atoms with Gasteiger partial charge in [0.2, 0.25) is 0 Å². The van der Waals surface area contributed by atoms with Gasteiger partial charge in [-0.1, -0.05) is 43.3 Å². The maximum Gasteiger partial charge on any atom is 0.133 e. The van der Waals surface area contributed by atoms with Crippen molar-refractivity contribution in [1.29, 1.82) is 0 Å². The number of nitrogens with one attached hydrogen (secondary N) is 1. The Hall–Kier alpha value is -1.32. The molecule has 0 bridgehead atoms. The Labute approximate surface area is 129 Å². The Bertz CT molecular complexity index is 542. The summed E-state index contributed by atoms with van der Waals surface area (Å²) in [5.41, 5.74) is 2.47. The zero-order valence-electron chi connectivity index (χ0n) is 11.9. The summed E-state index contributed by atoms with van der Waals surface area (Å²) >= 11 is 3.59. The second kappa shape index (κ2) is 7.46. The first-order valence-corrected chi connectivity index (χ1v) is 7.70. The number of hydrogen-bond acceptors (Lipinski definition) is 2. The standard InChI is InChI=1S/C17H20BrNO/c1-3-11-20-16-10-9-14(12-15(16)18)17(19-2)13-7-5-4-6-8-13/h4-10,12,17,19H,3,11H2,1-2H3. The van der Waals surface area contributed by atoms with Crippen molar-refractivity contribution < 1.29 is 4.74 Å². The van der Waals surface area contributed by atoms with Gasteiger partial charge in [0.1, 0.15) is 5.75 Å². The summed E-state index contributed by atoms with van der Waals surface area (Å²) in [5, 5.41) is 3.36. The van der Waals surface area contributed by atoms with Crippen LogP contribution >= 0.6 is 15.9 Å². The Morgan fingerprint density at radius 2 is 1.85 bits per heavy atom. The van der Waals surface area contributed by atoms with Crippen molar-refractivity contribution in [2.75, 3.05) is 13.7 Å². The molecule has 2 rings (SSSR count). The van der Waals surface area contributed by atoms with Gasteiger partial charge in [-0.3, -0.25) is 0 Å². The monoisotopic (exact) mass is 333 g/mol. The van der Waals surface area contributed by atoms with Gasteiger partial charge in [-0.15, -0.1) is 0 Å². The van der Waals surface area contributed by atoms with E-state index in [9.17, 15) is 0 Å². The molecule has 1 atom stereocenters. The molecule has 106 valence electrons. The molecule has 1 N–H and O–H groups in total. The van der Waals surface area contributed by atoms with Gasteiger partial charge >= 0.3 is 0 Å². The molecular formula is C17H20BrNO. The van der Waals surface area contributed by atoms with Crippen LogP contribution in [0.1, 0.15) is 30.5 Å². The van der Waals surface area contributed by atoms with Crippen LogP contribution in [0.2, 0.25) is 0 Å². The highest BCUT2D eigenvalue weighted by Crippen LogP contribution is 2.30. The van der Waals surface area contributed by atoms with E-state index in [1.165, 1.54) is 11.1 Å². The minimum absolute atomic E-state index is 0.188. The fourth-order valence-corrected chi connectivity index (χ4v) is 2.71. The molecule has 0 aliphatic carbocycles. The van der Waals surface area contributed by atoms with Crippen LogP contribution < -0.4 is 10.1 Å². The van der Waals surface area contributed by atoms with Crippen LogP contribution in [0.5, 0.6) is 5.75 Å². The maximum atomic E-state index is 5.69. The van der Waals surface area contributed by atoms with E-state index in [0.717, 1.165) is 23.2 Å². The lowest BCUT2D eigenvalue weighted by Crippen LogP contribution is -2.17. The summed E-state index contributed by atoms with van der Waals surface area (Å²) in [7, 11) is 1.98. The summed E-state index contributed by atoms with van der Waals surface area (Å²) in [6, 6.07) is 16.9. The average molecular weight is 334 g/mol. The molecule has 3 heteroatoms. The molecule has 0 saturated heterocycles. The first kappa shape index (κ1) is 15.1. The lowest BCUT2D eigenvalue weighted by molar-refractivity contribution is 0.315. The zero-order valence-corrected chi connectivity index (χ0v) is 13.5. The van der Waals surface area contributed by atoms with Gasteiger partial charge in [-0.05, 0) is 52.7 Å². The highest BCUT2D eigenvalue weighted by Gasteiger charge is 2.13. The topological polar surface area (TPSA) is 21.3 Å². The second-order valence-electron chi connectivity index (χ2n) is 4.67. The van der Waals surface area contributed by atoms with E-state index >= 15 is 0 Å². The maximum absolute atomic E-state index is 5.69. The van der Waals surface area contributed by atoms with Crippen molar-refractivity contribution in [3.05, 3.63) is 64.1 Å². The van der Waals surface area contributed by atoms with E-state index < -0.39 is 0 Å². The van der Waals surface area contributed by atoms with E-state index in [-0.39, 0.29) is 6.04 Å². The molecule has 0 aliphatic rings. The third kappa shape index (κ3) is 3.62. The quantitative estimate of drug-likeness (QED) is 0.837. The summed E-state index contributed by atoms with van der Waals surface area (Å²) in [4.78, 5) is 0. The van der Waals surface area contributed by atoms with Gasteiger partial charge in [0.05, 0.1) is 17.1 Å². The number of benzene rings is 2. The van der Waals surface area contributed by atoms with Crippen molar-refractivity contribution in [3.8, 4) is 5.75 Å². The van der Waals surface area contributed by atoms with Crippen molar-refractivity contribution in [3.63, 3.8) is 0 Å². The minimum Gasteiger partial charge on any atom is -0.492 e. The molecule has 0 heterocycles. The Morgan fingerprint density at radius 3 is 2.45 bits per heavy atom. The van der Waals surface area contributed by atoms with Crippen molar-refractivity contribution in [2.24, 2.45) is 0 Å². The van der Waals surface area contributed by atoms with Gasteiger partial charge in [0, 0.05) is 0 Å². The highest BCUT2D eigenvalue weighted by atomic mass is 79.9. The van der Waals surface area contributed by atoms with Crippen LogP contribution in [-0.2, 0) is 0 Å². The smallest absolute Gasteiger partial charge is 0.133 e. The first-order chi connectivity index (χ1) is 9.76. The van der Waals surface area contributed by atoms with E-state index in [1.54, 1.807) is 0 Å².